The van der Waals surface area contributed by atoms with Gasteiger partial charge < -0.3 is 0 Å². The number of hydrogen-bond acceptors (Lipinski definition) is 2. The number of nitrogens with zero attached hydrogens (tertiary/aromatic N) is 2. The minimum atomic E-state index is -0.850. The first-order valence-electron chi connectivity index (χ1n) is 4.33. The molecule has 17 heavy (non-hydrogen) atoms. The fraction of sp³-hybridized carbons (Fsp3) is 0. The van der Waals surface area contributed by atoms with Crippen LogP contribution in [0.4, 0.5) is 4.39 Å². The van der Waals surface area contributed by atoms with Crippen LogP contribution in [0.15, 0.2) is 18.2 Å². The zero-order valence-electron chi connectivity index (χ0n) is 8.02. The van der Waals surface area contributed by atoms with E-state index < -0.39 is 5.82 Å². The highest BCUT2D eigenvalue weighted by molar-refractivity contribution is 6.42. The van der Waals surface area contributed by atoms with Crippen molar-refractivity contribution < 1.29 is 4.39 Å². The van der Waals surface area contributed by atoms with E-state index in [1.807, 2.05) is 0 Å². The topological polar surface area (TPSA) is 25.8 Å². The SMILES string of the molecule is Fc1c(Cl)nc(-c2ccc(Cl)c(Cl)c2)nc1Cl. The molecule has 0 aliphatic heterocycles. The number of rotatable bonds is 1. The molecule has 88 valence electrons. The van der Waals surface area contributed by atoms with Gasteiger partial charge >= 0.3 is 0 Å². The molecule has 2 aromatic rings. The van der Waals surface area contributed by atoms with Crippen molar-refractivity contribution in [2.45, 2.75) is 0 Å². The van der Waals surface area contributed by atoms with Gasteiger partial charge in [-0.15, -0.1) is 0 Å². The summed E-state index contributed by atoms with van der Waals surface area (Å²) in [6.45, 7) is 0. The Morgan fingerprint density at radius 2 is 1.47 bits per heavy atom. The van der Waals surface area contributed by atoms with E-state index in [9.17, 15) is 4.39 Å². The molecule has 0 radical (unpaired) electrons. The summed E-state index contributed by atoms with van der Waals surface area (Å²) in [7, 11) is 0. The fourth-order valence-electron chi connectivity index (χ4n) is 1.16. The average molecular weight is 312 g/mol. The second-order valence-corrected chi connectivity index (χ2v) is 4.60. The van der Waals surface area contributed by atoms with Gasteiger partial charge in [0.05, 0.1) is 10.0 Å². The van der Waals surface area contributed by atoms with Crippen molar-refractivity contribution in [3.63, 3.8) is 0 Å². The lowest BCUT2D eigenvalue weighted by atomic mass is 10.2. The number of aromatic nitrogens is 2. The van der Waals surface area contributed by atoms with E-state index in [0.717, 1.165) is 0 Å². The predicted octanol–water partition coefficient (Wildman–Crippen LogP) is 4.90. The van der Waals surface area contributed by atoms with Crippen LogP contribution in [0.1, 0.15) is 0 Å². The molecule has 2 nitrogen and oxygen atoms in total. The van der Waals surface area contributed by atoms with Crippen LogP contribution < -0.4 is 0 Å². The van der Waals surface area contributed by atoms with Crippen molar-refractivity contribution in [1.29, 1.82) is 0 Å². The highest BCUT2D eigenvalue weighted by atomic mass is 35.5. The molecular weight excluding hydrogens is 309 g/mol. The van der Waals surface area contributed by atoms with E-state index >= 15 is 0 Å². The number of benzene rings is 1. The molecule has 7 heteroatoms. The first kappa shape index (κ1) is 12.8. The number of hydrogen-bond donors (Lipinski definition) is 0. The first-order chi connectivity index (χ1) is 7.99. The van der Waals surface area contributed by atoms with Crippen molar-refractivity contribution in [1.82, 2.24) is 9.97 Å². The van der Waals surface area contributed by atoms with Crippen molar-refractivity contribution >= 4 is 46.4 Å². The molecule has 0 unspecified atom stereocenters. The minimum Gasteiger partial charge on any atom is -0.213 e. The summed E-state index contributed by atoms with van der Waals surface area (Å²) in [5, 5.41) is 0.0520. The molecule has 0 bridgehead atoms. The lowest BCUT2D eigenvalue weighted by molar-refractivity contribution is 0.615. The second-order valence-electron chi connectivity index (χ2n) is 3.07. The molecule has 0 atom stereocenters. The molecule has 0 saturated heterocycles. The lowest BCUT2D eigenvalue weighted by Gasteiger charge is -2.04. The molecule has 0 aliphatic carbocycles. The molecule has 1 aromatic carbocycles. The third kappa shape index (κ3) is 2.63. The van der Waals surface area contributed by atoms with Crippen molar-refractivity contribution in [3.05, 3.63) is 44.4 Å². The van der Waals surface area contributed by atoms with Gasteiger partial charge in [-0.25, -0.2) is 14.4 Å². The van der Waals surface area contributed by atoms with Crippen LogP contribution in [0.2, 0.25) is 20.4 Å². The molecule has 0 spiro atoms. The van der Waals surface area contributed by atoms with E-state index in [-0.39, 0.29) is 16.1 Å². The summed E-state index contributed by atoms with van der Waals surface area (Å²) in [5.41, 5.74) is 0.545. The molecule has 1 aromatic heterocycles. The third-order valence-electron chi connectivity index (χ3n) is 1.95. The highest BCUT2D eigenvalue weighted by Gasteiger charge is 2.13. The molecule has 0 amide bonds. The van der Waals surface area contributed by atoms with Crippen LogP contribution in [0, 0.1) is 5.82 Å². The summed E-state index contributed by atoms with van der Waals surface area (Å²) in [4.78, 5) is 7.54. The Labute approximate surface area is 116 Å². The Hall–Kier alpha value is -0.610. The van der Waals surface area contributed by atoms with Gasteiger partial charge in [-0.3, -0.25) is 0 Å². The van der Waals surface area contributed by atoms with Gasteiger partial charge in [0.25, 0.3) is 0 Å². The van der Waals surface area contributed by atoms with E-state index in [1.165, 1.54) is 0 Å². The summed E-state index contributed by atoms with van der Waals surface area (Å²) in [6.07, 6.45) is 0. The van der Waals surface area contributed by atoms with Gasteiger partial charge in [-0.05, 0) is 18.2 Å². The Balaban J connectivity index is 2.57. The zero-order valence-corrected chi connectivity index (χ0v) is 11.0. The zero-order chi connectivity index (χ0) is 12.6. The van der Waals surface area contributed by atoms with Crippen molar-refractivity contribution in [2.24, 2.45) is 0 Å². The first-order valence-corrected chi connectivity index (χ1v) is 5.84. The summed E-state index contributed by atoms with van der Waals surface area (Å²) in [6, 6.07) is 4.76. The van der Waals surface area contributed by atoms with Gasteiger partial charge in [0, 0.05) is 5.56 Å². The molecule has 2 rings (SSSR count). The molecule has 0 N–H and O–H groups in total. The molecular formula is C10H3Cl4FN2. The van der Waals surface area contributed by atoms with Crippen molar-refractivity contribution in [3.8, 4) is 11.4 Å². The van der Waals surface area contributed by atoms with Crippen LogP contribution in [-0.2, 0) is 0 Å². The lowest BCUT2D eigenvalue weighted by Crippen LogP contribution is -1.94. The van der Waals surface area contributed by atoms with Gasteiger partial charge in [-0.2, -0.15) is 0 Å². The van der Waals surface area contributed by atoms with Gasteiger partial charge in [0.15, 0.2) is 21.9 Å². The second kappa shape index (κ2) is 4.94. The van der Waals surface area contributed by atoms with E-state index in [1.54, 1.807) is 18.2 Å². The Morgan fingerprint density at radius 3 is 2.00 bits per heavy atom. The van der Waals surface area contributed by atoms with E-state index in [0.29, 0.717) is 15.6 Å². The smallest absolute Gasteiger partial charge is 0.197 e. The minimum absolute atomic E-state index is 0.181. The third-order valence-corrected chi connectivity index (χ3v) is 3.19. The normalized spacial score (nSPS) is 10.6. The maximum atomic E-state index is 13.1. The van der Waals surface area contributed by atoms with Gasteiger partial charge in [0.1, 0.15) is 0 Å². The van der Waals surface area contributed by atoms with E-state index in [4.69, 9.17) is 46.4 Å². The maximum absolute atomic E-state index is 13.1. The maximum Gasteiger partial charge on any atom is 0.197 e. The van der Waals surface area contributed by atoms with Gasteiger partial charge in [0.2, 0.25) is 0 Å². The quantitative estimate of drug-likeness (QED) is 0.700. The average Bonchev–Trinajstić information content (AvgIpc) is 2.29. The fourth-order valence-corrected chi connectivity index (χ4v) is 1.84. The summed E-state index contributed by atoms with van der Waals surface area (Å²) in [5.74, 6) is -0.669. The van der Waals surface area contributed by atoms with Crippen LogP contribution in [0.5, 0.6) is 0 Å². The summed E-state index contributed by atoms with van der Waals surface area (Å²) < 4.78 is 13.1. The van der Waals surface area contributed by atoms with Gasteiger partial charge in [-0.1, -0.05) is 46.4 Å². The predicted molar refractivity (Wildman–Crippen MR) is 67.5 cm³/mol. The van der Waals surface area contributed by atoms with Crippen LogP contribution in [-0.4, -0.2) is 9.97 Å². The number of halogens is 5. The Bertz CT molecular complexity index is 566. The van der Waals surface area contributed by atoms with Crippen molar-refractivity contribution in [2.75, 3.05) is 0 Å². The molecule has 0 aliphatic rings. The summed E-state index contributed by atoms with van der Waals surface area (Å²) >= 11 is 22.8. The Kier molecular flexibility index (Phi) is 3.73. The van der Waals surface area contributed by atoms with Crippen LogP contribution >= 0.6 is 46.4 Å². The molecule has 1 heterocycles. The van der Waals surface area contributed by atoms with Crippen LogP contribution in [0.3, 0.4) is 0 Å². The molecule has 0 saturated carbocycles. The highest BCUT2D eigenvalue weighted by Crippen LogP contribution is 2.29. The monoisotopic (exact) mass is 310 g/mol. The van der Waals surface area contributed by atoms with E-state index in [2.05, 4.69) is 9.97 Å². The molecule has 0 fully saturated rings. The Morgan fingerprint density at radius 1 is 0.882 bits per heavy atom. The standard InChI is InChI=1S/C10H3Cl4FN2/c11-5-2-1-4(3-6(5)12)10-16-8(13)7(15)9(14)17-10/h1-3H. The largest absolute Gasteiger partial charge is 0.213 e. The van der Waals surface area contributed by atoms with Crippen LogP contribution in [0.25, 0.3) is 11.4 Å².